The summed E-state index contributed by atoms with van der Waals surface area (Å²) in [4.78, 5) is 26.4. The molecule has 1 aliphatic heterocycles. The normalized spacial score (nSPS) is 17.0. The minimum Gasteiger partial charge on any atom is -0.356 e. The largest absolute Gasteiger partial charge is 0.356 e. The third kappa shape index (κ3) is 4.85. The third-order valence-corrected chi connectivity index (χ3v) is 5.14. The van der Waals surface area contributed by atoms with E-state index in [0.717, 1.165) is 50.3 Å². The van der Waals surface area contributed by atoms with Crippen LogP contribution in [0.2, 0.25) is 0 Å². The summed E-state index contributed by atoms with van der Waals surface area (Å²) in [6.45, 7) is 7.11. The van der Waals surface area contributed by atoms with Crippen molar-refractivity contribution in [3.63, 3.8) is 0 Å². The van der Waals surface area contributed by atoms with Crippen LogP contribution in [-0.4, -0.2) is 47.5 Å². The van der Waals surface area contributed by atoms with Crippen LogP contribution in [0, 0.1) is 5.92 Å². The molecule has 1 unspecified atom stereocenters. The Bertz CT molecular complexity index is 762. The van der Waals surface area contributed by atoms with E-state index in [1.807, 2.05) is 43.4 Å². The van der Waals surface area contributed by atoms with E-state index in [9.17, 15) is 4.79 Å². The monoisotopic (exact) mass is 366 g/mol. The van der Waals surface area contributed by atoms with Crippen molar-refractivity contribution in [3.8, 4) is 11.4 Å². The Morgan fingerprint density at radius 1 is 1.26 bits per heavy atom. The topological polar surface area (TPSA) is 49.3 Å². The Morgan fingerprint density at radius 2 is 2.04 bits per heavy atom. The van der Waals surface area contributed by atoms with Crippen LogP contribution in [0.25, 0.3) is 11.4 Å². The smallest absolute Gasteiger partial charge is 0.272 e. The van der Waals surface area contributed by atoms with Crippen LogP contribution in [0.15, 0.2) is 36.4 Å². The van der Waals surface area contributed by atoms with Gasteiger partial charge in [0.1, 0.15) is 11.5 Å². The lowest BCUT2D eigenvalue weighted by atomic mass is 10.0. The number of rotatable bonds is 6. The highest BCUT2D eigenvalue weighted by Gasteiger charge is 2.22. The molecule has 5 nitrogen and oxygen atoms in total. The molecule has 1 fully saturated rings. The summed E-state index contributed by atoms with van der Waals surface area (Å²) in [5.74, 6) is 2.09. The standard InChI is InChI=1S/C22H30N4O/c1-4-5-13-25(3)22(27)19-15-20(26-14-9-10-17(2)16-26)24-21(23-19)18-11-7-6-8-12-18/h6-8,11-12,15,17H,4-5,9-10,13-14,16H2,1-3H3. The molecule has 2 aromatic rings. The van der Waals surface area contributed by atoms with Gasteiger partial charge in [0.2, 0.25) is 0 Å². The molecule has 3 rings (SSSR count). The van der Waals surface area contributed by atoms with E-state index >= 15 is 0 Å². The number of aromatic nitrogens is 2. The summed E-state index contributed by atoms with van der Waals surface area (Å²) in [7, 11) is 1.85. The van der Waals surface area contributed by atoms with Crippen molar-refractivity contribution < 1.29 is 4.79 Å². The number of unbranched alkanes of at least 4 members (excludes halogenated alkanes) is 1. The predicted octanol–water partition coefficient (Wildman–Crippen LogP) is 4.25. The second kappa shape index (κ2) is 8.98. The van der Waals surface area contributed by atoms with Gasteiger partial charge in [0.05, 0.1) is 0 Å². The van der Waals surface area contributed by atoms with Crippen LogP contribution in [0.4, 0.5) is 5.82 Å². The van der Waals surface area contributed by atoms with Crippen molar-refractivity contribution >= 4 is 11.7 Å². The van der Waals surface area contributed by atoms with Gasteiger partial charge in [-0.3, -0.25) is 4.79 Å². The van der Waals surface area contributed by atoms with E-state index < -0.39 is 0 Å². The fraction of sp³-hybridized carbons (Fsp3) is 0.500. The number of amides is 1. The lowest BCUT2D eigenvalue weighted by molar-refractivity contribution is 0.0787. The molecule has 0 radical (unpaired) electrons. The van der Waals surface area contributed by atoms with E-state index in [2.05, 4.69) is 23.7 Å². The first kappa shape index (κ1) is 19.3. The Hall–Kier alpha value is -2.43. The van der Waals surface area contributed by atoms with Gasteiger partial charge in [-0.2, -0.15) is 0 Å². The molecule has 0 saturated carbocycles. The van der Waals surface area contributed by atoms with Gasteiger partial charge in [0.25, 0.3) is 5.91 Å². The minimum atomic E-state index is -0.0330. The van der Waals surface area contributed by atoms with Crippen LogP contribution in [0.5, 0.6) is 0 Å². The van der Waals surface area contributed by atoms with E-state index in [4.69, 9.17) is 4.98 Å². The Kier molecular flexibility index (Phi) is 6.43. The molecule has 27 heavy (non-hydrogen) atoms. The van der Waals surface area contributed by atoms with Crippen LogP contribution in [0.3, 0.4) is 0 Å². The molecule has 1 atom stereocenters. The molecule has 0 spiro atoms. The van der Waals surface area contributed by atoms with Crippen molar-refractivity contribution in [2.45, 2.75) is 39.5 Å². The Morgan fingerprint density at radius 3 is 2.74 bits per heavy atom. The zero-order chi connectivity index (χ0) is 19.2. The summed E-state index contributed by atoms with van der Waals surface area (Å²) in [5, 5.41) is 0. The number of hydrogen-bond acceptors (Lipinski definition) is 4. The number of anilines is 1. The molecule has 2 heterocycles. The van der Waals surface area contributed by atoms with Crippen molar-refractivity contribution in [1.29, 1.82) is 0 Å². The summed E-state index contributed by atoms with van der Waals surface area (Å²) in [6.07, 6.45) is 4.47. The zero-order valence-corrected chi connectivity index (χ0v) is 16.7. The van der Waals surface area contributed by atoms with Crippen LogP contribution in [-0.2, 0) is 0 Å². The maximum atomic E-state index is 13.0. The molecule has 1 saturated heterocycles. The van der Waals surface area contributed by atoms with Gasteiger partial charge < -0.3 is 9.80 Å². The quantitative estimate of drug-likeness (QED) is 0.767. The predicted molar refractivity (Wildman–Crippen MR) is 110 cm³/mol. The Balaban J connectivity index is 1.96. The highest BCUT2D eigenvalue weighted by molar-refractivity contribution is 5.93. The highest BCUT2D eigenvalue weighted by atomic mass is 16.2. The number of carbonyl (C=O) groups is 1. The van der Waals surface area contributed by atoms with E-state index in [1.165, 1.54) is 6.42 Å². The molecule has 0 bridgehead atoms. The van der Waals surface area contributed by atoms with Crippen molar-refractivity contribution in [3.05, 3.63) is 42.1 Å². The molecular formula is C22H30N4O. The molecule has 144 valence electrons. The number of benzene rings is 1. The molecule has 0 N–H and O–H groups in total. The zero-order valence-electron chi connectivity index (χ0n) is 16.7. The summed E-state index contributed by atoms with van der Waals surface area (Å²) < 4.78 is 0. The third-order valence-electron chi connectivity index (χ3n) is 5.14. The van der Waals surface area contributed by atoms with E-state index in [-0.39, 0.29) is 5.91 Å². The van der Waals surface area contributed by atoms with Gasteiger partial charge >= 0.3 is 0 Å². The van der Waals surface area contributed by atoms with Gasteiger partial charge in [0, 0.05) is 38.3 Å². The maximum Gasteiger partial charge on any atom is 0.272 e. The number of nitrogens with zero attached hydrogens (tertiary/aromatic N) is 4. The van der Waals surface area contributed by atoms with E-state index in [1.54, 1.807) is 4.90 Å². The molecule has 1 aromatic heterocycles. The molecule has 0 aliphatic carbocycles. The lowest BCUT2D eigenvalue weighted by Gasteiger charge is -2.32. The molecule has 1 aliphatic rings. The fourth-order valence-electron chi connectivity index (χ4n) is 3.51. The van der Waals surface area contributed by atoms with Gasteiger partial charge in [-0.25, -0.2) is 9.97 Å². The second-order valence-corrected chi connectivity index (χ2v) is 7.57. The first-order valence-corrected chi connectivity index (χ1v) is 10.0. The van der Waals surface area contributed by atoms with Crippen molar-refractivity contribution in [2.24, 2.45) is 5.92 Å². The van der Waals surface area contributed by atoms with Gasteiger partial charge in [-0.15, -0.1) is 0 Å². The molecule has 1 amide bonds. The SMILES string of the molecule is CCCCN(C)C(=O)c1cc(N2CCCC(C)C2)nc(-c2ccccc2)n1. The number of carbonyl (C=O) groups excluding carboxylic acids is 1. The maximum absolute atomic E-state index is 13.0. The molecule has 5 heteroatoms. The summed E-state index contributed by atoms with van der Waals surface area (Å²) >= 11 is 0. The molecular weight excluding hydrogens is 336 g/mol. The number of piperidine rings is 1. The Labute approximate surface area is 162 Å². The van der Waals surface area contributed by atoms with Gasteiger partial charge in [0.15, 0.2) is 5.82 Å². The first-order valence-electron chi connectivity index (χ1n) is 10.0. The van der Waals surface area contributed by atoms with Gasteiger partial charge in [-0.05, 0) is 25.2 Å². The van der Waals surface area contributed by atoms with Crippen LogP contribution < -0.4 is 4.90 Å². The lowest BCUT2D eigenvalue weighted by Crippen LogP contribution is -2.35. The first-order chi connectivity index (χ1) is 13.1. The van der Waals surface area contributed by atoms with Gasteiger partial charge in [-0.1, -0.05) is 50.6 Å². The summed E-state index contributed by atoms with van der Waals surface area (Å²) in [6, 6.07) is 11.8. The van der Waals surface area contributed by atoms with Crippen molar-refractivity contribution in [2.75, 3.05) is 31.6 Å². The average molecular weight is 367 g/mol. The number of hydrogen-bond donors (Lipinski definition) is 0. The second-order valence-electron chi connectivity index (χ2n) is 7.57. The van der Waals surface area contributed by atoms with E-state index in [0.29, 0.717) is 17.4 Å². The summed E-state index contributed by atoms with van der Waals surface area (Å²) in [5.41, 5.74) is 1.42. The highest BCUT2D eigenvalue weighted by Crippen LogP contribution is 2.25. The van der Waals surface area contributed by atoms with Crippen molar-refractivity contribution in [1.82, 2.24) is 14.9 Å². The molecule has 1 aromatic carbocycles. The minimum absolute atomic E-state index is 0.0330. The fourth-order valence-corrected chi connectivity index (χ4v) is 3.51. The average Bonchev–Trinajstić information content (AvgIpc) is 2.71. The van der Waals surface area contributed by atoms with Crippen LogP contribution in [0.1, 0.15) is 50.0 Å². The van der Waals surface area contributed by atoms with Crippen LogP contribution >= 0.6 is 0 Å².